The fraction of sp³-hybridized carbons (Fsp3) is 0.562. The molecule has 0 aromatic heterocycles. The van der Waals surface area contributed by atoms with Gasteiger partial charge >= 0.3 is 6.09 Å². The van der Waals surface area contributed by atoms with Gasteiger partial charge in [-0.05, 0) is 40.1 Å². The van der Waals surface area contributed by atoms with Crippen LogP contribution in [0.25, 0.3) is 0 Å². The first-order chi connectivity index (χ1) is 10.3. The fourth-order valence-electron chi connectivity index (χ4n) is 1.90. The summed E-state index contributed by atoms with van der Waals surface area (Å²) in [6.07, 6.45) is 4.21. The summed E-state index contributed by atoms with van der Waals surface area (Å²) in [5, 5.41) is 0. The van der Waals surface area contributed by atoms with E-state index < -0.39 is 0 Å². The lowest BCUT2D eigenvalue weighted by molar-refractivity contribution is 0.0952. The van der Waals surface area contributed by atoms with Crippen LogP contribution in [-0.2, 0) is 11.3 Å². The molecule has 0 saturated carbocycles. The number of ether oxygens (including phenoxy) is 1. The average Bonchev–Trinajstić information content (AvgIpc) is 2.52. The smallest absolute Gasteiger partial charge is 0.410 e. The number of halogens is 2. The van der Waals surface area contributed by atoms with E-state index in [1.165, 1.54) is 0 Å². The SMILES string of the molecule is O=C(OCc1ccccc1)N(CCCCI)CCCCI. The number of hydrogen-bond donors (Lipinski definition) is 0. The van der Waals surface area contributed by atoms with Crippen LogP contribution in [-0.4, -0.2) is 32.9 Å². The Hall–Kier alpha value is -0.0500. The highest BCUT2D eigenvalue weighted by Crippen LogP contribution is 2.07. The number of unbranched alkanes of at least 4 members (excludes halogenated alkanes) is 2. The number of carbonyl (C=O) groups is 1. The monoisotopic (exact) mass is 515 g/mol. The Morgan fingerprint density at radius 3 is 2.05 bits per heavy atom. The molecule has 1 rings (SSSR count). The molecule has 1 aromatic rings. The second-order valence-corrected chi connectivity index (χ2v) is 6.98. The first-order valence-corrected chi connectivity index (χ1v) is 10.4. The molecular weight excluding hydrogens is 492 g/mol. The van der Waals surface area contributed by atoms with Crippen molar-refractivity contribution in [2.24, 2.45) is 0 Å². The van der Waals surface area contributed by atoms with E-state index in [0.717, 1.165) is 53.2 Å². The number of alkyl halides is 2. The molecule has 0 radical (unpaired) electrons. The molecule has 3 nitrogen and oxygen atoms in total. The molecule has 5 heteroatoms. The van der Waals surface area contributed by atoms with Gasteiger partial charge in [-0.15, -0.1) is 0 Å². The molecule has 0 atom stereocenters. The molecule has 0 aliphatic heterocycles. The van der Waals surface area contributed by atoms with Crippen molar-refractivity contribution < 1.29 is 9.53 Å². The summed E-state index contributed by atoms with van der Waals surface area (Å²) in [7, 11) is 0. The topological polar surface area (TPSA) is 29.5 Å². The van der Waals surface area contributed by atoms with Gasteiger partial charge in [0.15, 0.2) is 0 Å². The summed E-state index contributed by atoms with van der Waals surface area (Å²) >= 11 is 4.75. The van der Waals surface area contributed by atoms with Gasteiger partial charge in [0.2, 0.25) is 0 Å². The van der Waals surface area contributed by atoms with Crippen LogP contribution < -0.4 is 0 Å². The first kappa shape index (κ1) is 19.0. The molecule has 0 N–H and O–H groups in total. The second-order valence-electron chi connectivity index (χ2n) is 4.82. The maximum atomic E-state index is 12.2. The third-order valence-corrected chi connectivity index (χ3v) is 4.61. The lowest BCUT2D eigenvalue weighted by Crippen LogP contribution is -2.33. The van der Waals surface area contributed by atoms with Crippen molar-refractivity contribution in [3.63, 3.8) is 0 Å². The lowest BCUT2D eigenvalue weighted by atomic mass is 10.2. The summed E-state index contributed by atoms with van der Waals surface area (Å²) in [5.41, 5.74) is 1.03. The van der Waals surface area contributed by atoms with Crippen LogP contribution in [0.2, 0.25) is 0 Å². The number of hydrogen-bond acceptors (Lipinski definition) is 2. The Bertz CT molecular complexity index is 377. The molecule has 0 heterocycles. The van der Waals surface area contributed by atoms with E-state index in [0.29, 0.717) is 6.61 Å². The molecule has 21 heavy (non-hydrogen) atoms. The van der Waals surface area contributed by atoms with Gasteiger partial charge in [0.1, 0.15) is 6.61 Å². The quantitative estimate of drug-likeness (QED) is 0.248. The molecule has 0 fully saturated rings. The van der Waals surface area contributed by atoms with Crippen LogP contribution in [0, 0.1) is 0 Å². The average molecular weight is 515 g/mol. The Morgan fingerprint density at radius 2 is 1.52 bits per heavy atom. The summed E-state index contributed by atoms with van der Waals surface area (Å²) in [4.78, 5) is 14.1. The summed E-state index contributed by atoms with van der Waals surface area (Å²) in [6.45, 7) is 1.96. The second kappa shape index (κ2) is 12.5. The zero-order valence-corrected chi connectivity index (χ0v) is 16.6. The van der Waals surface area contributed by atoms with Crippen molar-refractivity contribution in [2.45, 2.75) is 32.3 Å². The third kappa shape index (κ3) is 8.85. The van der Waals surface area contributed by atoms with Gasteiger partial charge in [-0.2, -0.15) is 0 Å². The van der Waals surface area contributed by atoms with E-state index in [1.807, 2.05) is 35.2 Å². The van der Waals surface area contributed by atoms with Crippen LogP contribution in [0.5, 0.6) is 0 Å². The highest BCUT2D eigenvalue weighted by atomic mass is 127. The standard InChI is InChI=1S/C16H23I2NO2/c17-10-4-6-12-19(13-7-5-11-18)16(20)21-14-15-8-2-1-3-9-15/h1-3,8-9H,4-7,10-14H2. The molecule has 0 aliphatic carbocycles. The van der Waals surface area contributed by atoms with Crippen molar-refractivity contribution in [2.75, 3.05) is 21.9 Å². The highest BCUT2D eigenvalue weighted by Gasteiger charge is 2.14. The number of rotatable bonds is 10. The van der Waals surface area contributed by atoms with Gasteiger partial charge in [-0.3, -0.25) is 0 Å². The molecule has 0 aliphatic rings. The van der Waals surface area contributed by atoms with Gasteiger partial charge in [-0.25, -0.2) is 4.79 Å². The minimum absolute atomic E-state index is 0.180. The Morgan fingerprint density at radius 1 is 0.952 bits per heavy atom. The summed E-state index contributed by atoms with van der Waals surface area (Å²) in [6, 6.07) is 9.84. The predicted octanol–water partition coefficient (Wildman–Crippen LogP) is 5.06. The van der Waals surface area contributed by atoms with Crippen molar-refractivity contribution in [3.8, 4) is 0 Å². The minimum Gasteiger partial charge on any atom is -0.445 e. The summed E-state index contributed by atoms with van der Waals surface area (Å²) in [5.74, 6) is 0. The van der Waals surface area contributed by atoms with Crippen LogP contribution >= 0.6 is 45.2 Å². The molecule has 1 aromatic carbocycles. The van der Waals surface area contributed by atoms with Gasteiger partial charge in [0, 0.05) is 13.1 Å². The summed E-state index contributed by atoms with van der Waals surface area (Å²) < 4.78 is 7.71. The van der Waals surface area contributed by atoms with Gasteiger partial charge in [-0.1, -0.05) is 75.5 Å². The van der Waals surface area contributed by atoms with Gasteiger partial charge in [0.25, 0.3) is 0 Å². The van der Waals surface area contributed by atoms with E-state index in [2.05, 4.69) is 45.2 Å². The van der Waals surface area contributed by atoms with Crippen molar-refractivity contribution >= 4 is 51.3 Å². The van der Waals surface area contributed by atoms with Gasteiger partial charge < -0.3 is 9.64 Å². The number of amides is 1. The maximum Gasteiger partial charge on any atom is 0.410 e. The Balaban J connectivity index is 2.40. The third-order valence-electron chi connectivity index (χ3n) is 3.09. The van der Waals surface area contributed by atoms with Crippen molar-refractivity contribution in [1.82, 2.24) is 4.90 Å². The van der Waals surface area contributed by atoms with E-state index in [-0.39, 0.29) is 6.09 Å². The number of benzene rings is 1. The minimum atomic E-state index is -0.180. The zero-order chi connectivity index (χ0) is 15.3. The van der Waals surface area contributed by atoms with Gasteiger partial charge in [0.05, 0.1) is 0 Å². The van der Waals surface area contributed by atoms with E-state index in [4.69, 9.17) is 4.74 Å². The van der Waals surface area contributed by atoms with E-state index in [1.54, 1.807) is 0 Å². The van der Waals surface area contributed by atoms with Crippen molar-refractivity contribution in [1.29, 1.82) is 0 Å². The van der Waals surface area contributed by atoms with E-state index in [9.17, 15) is 4.79 Å². The molecule has 118 valence electrons. The normalized spacial score (nSPS) is 10.4. The lowest BCUT2D eigenvalue weighted by Gasteiger charge is -2.22. The maximum absolute atomic E-state index is 12.2. The zero-order valence-electron chi connectivity index (χ0n) is 12.3. The highest BCUT2D eigenvalue weighted by molar-refractivity contribution is 14.1. The number of nitrogens with zero attached hydrogens (tertiary/aromatic N) is 1. The molecule has 0 spiro atoms. The van der Waals surface area contributed by atoms with Crippen molar-refractivity contribution in [3.05, 3.63) is 35.9 Å². The fourth-order valence-corrected chi connectivity index (χ4v) is 2.98. The molecule has 0 saturated heterocycles. The Labute approximate surface area is 155 Å². The van der Waals surface area contributed by atoms with E-state index >= 15 is 0 Å². The van der Waals surface area contributed by atoms with Crippen LogP contribution in [0.3, 0.4) is 0 Å². The molecular formula is C16H23I2NO2. The molecule has 0 bridgehead atoms. The molecule has 0 unspecified atom stereocenters. The molecule has 1 amide bonds. The van der Waals surface area contributed by atoms with Crippen LogP contribution in [0.4, 0.5) is 4.79 Å². The largest absolute Gasteiger partial charge is 0.445 e. The Kier molecular flexibility index (Phi) is 11.3. The number of carbonyl (C=O) groups excluding carboxylic acids is 1. The predicted molar refractivity (Wildman–Crippen MR) is 104 cm³/mol. The van der Waals surface area contributed by atoms with Crippen LogP contribution in [0.15, 0.2) is 30.3 Å². The van der Waals surface area contributed by atoms with Crippen LogP contribution in [0.1, 0.15) is 31.2 Å². The first-order valence-electron chi connectivity index (χ1n) is 7.35.